The third-order valence-electron chi connectivity index (χ3n) is 1.84. The molecule has 2 amide bonds. The molecule has 0 aliphatic heterocycles. The predicted octanol–water partition coefficient (Wildman–Crippen LogP) is 3.49. The average molecular weight is 250 g/mol. The number of amides is 2. The molecule has 0 atom stereocenters. The van der Waals surface area contributed by atoms with E-state index in [1.807, 2.05) is 19.9 Å². The minimum absolute atomic E-state index is 0.241. The highest BCUT2D eigenvalue weighted by Crippen LogP contribution is 2.12. The zero-order valence-electron chi connectivity index (χ0n) is 10.3. The number of carbonyl (C=O) groups excluding carboxylic acids is 2. The molecule has 0 saturated carbocycles. The molecule has 0 saturated heterocycles. The Morgan fingerprint density at radius 2 is 1.94 bits per heavy atom. The van der Waals surface area contributed by atoms with Gasteiger partial charge < -0.3 is 9.47 Å². The van der Waals surface area contributed by atoms with Gasteiger partial charge in [0.2, 0.25) is 0 Å². The molecule has 0 N–H and O–H groups in total. The summed E-state index contributed by atoms with van der Waals surface area (Å²) in [5.41, 5.74) is 0.944. The molecule has 6 heteroatoms. The van der Waals surface area contributed by atoms with Crippen LogP contribution in [0, 0.1) is 6.92 Å². The van der Waals surface area contributed by atoms with Crippen LogP contribution in [0.25, 0.3) is 0 Å². The summed E-state index contributed by atoms with van der Waals surface area (Å²) in [5, 5.41) is 6.16. The van der Waals surface area contributed by atoms with Crippen LogP contribution in [0.5, 0.6) is 5.75 Å². The van der Waals surface area contributed by atoms with Crippen molar-refractivity contribution in [3.63, 3.8) is 0 Å². The second-order valence-corrected chi connectivity index (χ2v) is 3.50. The van der Waals surface area contributed by atoms with Crippen molar-refractivity contribution in [2.75, 3.05) is 6.61 Å². The van der Waals surface area contributed by atoms with Gasteiger partial charge in [0.15, 0.2) is 0 Å². The largest absolute Gasteiger partial charge is 0.458 e. The van der Waals surface area contributed by atoms with Crippen LogP contribution in [-0.4, -0.2) is 18.8 Å². The van der Waals surface area contributed by atoms with Crippen molar-refractivity contribution in [3.05, 3.63) is 29.8 Å². The fourth-order valence-electron chi connectivity index (χ4n) is 1.10. The number of benzene rings is 1. The van der Waals surface area contributed by atoms with Gasteiger partial charge >= 0.3 is 12.2 Å². The van der Waals surface area contributed by atoms with E-state index in [-0.39, 0.29) is 6.61 Å². The van der Waals surface area contributed by atoms with E-state index in [0.29, 0.717) is 12.2 Å². The van der Waals surface area contributed by atoms with Crippen molar-refractivity contribution in [2.45, 2.75) is 20.3 Å². The van der Waals surface area contributed by atoms with Crippen molar-refractivity contribution in [3.8, 4) is 5.75 Å². The second kappa shape index (κ2) is 7.16. The van der Waals surface area contributed by atoms with Gasteiger partial charge in [-0.05, 0) is 31.0 Å². The van der Waals surface area contributed by atoms with Gasteiger partial charge in [-0.3, -0.25) is 0 Å². The molecular weight excluding hydrogens is 236 g/mol. The van der Waals surface area contributed by atoms with Gasteiger partial charge in [0.1, 0.15) is 5.75 Å². The zero-order valence-corrected chi connectivity index (χ0v) is 10.3. The van der Waals surface area contributed by atoms with E-state index >= 15 is 0 Å². The van der Waals surface area contributed by atoms with Crippen molar-refractivity contribution in [1.82, 2.24) is 0 Å². The van der Waals surface area contributed by atoms with Crippen molar-refractivity contribution in [1.29, 1.82) is 0 Å². The maximum absolute atomic E-state index is 11.2. The first kappa shape index (κ1) is 13.8. The van der Waals surface area contributed by atoms with Crippen LogP contribution in [0.3, 0.4) is 0 Å². The highest BCUT2D eigenvalue weighted by atomic mass is 16.6. The Balaban J connectivity index is 2.46. The fraction of sp³-hybridized carbons (Fsp3) is 0.333. The lowest BCUT2D eigenvalue weighted by Gasteiger charge is -2.00. The van der Waals surface area contributed by atoms with E-state index in [2.05, 4.69) is 15.0 Å². The molecule has 0 spiro atoms. The third-order valence-corrected chi connectivity index (χ3v) is 1.84. The Kier molecular flexibility index (Phi) is 5.50. The highest BCUT2D eigenvalue weighted by Gasteiger charge is 2.05. The fourth-order valence-corrected chi connectivity index (χ4v) is 1.10. The number of ether oxygens (including phenoxy) is 2. The van der Waals surface area contributed by atoms with Gasteiger partial charge in [0.25, 0.3) is 0 Å². The smallest absolute Gasteiger partial charge is 0.447 e. The van der Waals surface area contributed by atoms with Gasteiger partial charge in [0.05, 0.1) is 6.61 Å². The first-order valence-corrected chi connectivity index (χ1v) is 5.48. The predicted molar refractivity (Wildman–Crippen MR) is 63.7 cm³/mol. The van der Waals surface area contributed by atoms with E-state index < -0.39 is 12.2 Å². The summed E-state index contributed by atoms with van der Waals surface area (Å²) in [5.74, 6) is 0.348. The van der Waals surface area contributed by atoms with Crippen LogP contribution in [0.4, 0.5) is 9.59 Å². The molecule has 0 heterocycles. The number of nitrogens with zero attached hydrogens (tertiary/aromatic N) is 2. The molecule has 96 valence electrons. The lowest BCUT2D eigenvalue weighted by molar-refractivity contribution is 0.154. The standard InChI is InChI=1S/C12H14N2O4/c1-3-7-17-11(15)13-14-12(16)18-10-6-4-5-9(2)8-10/h4-6,8H,3,7H2,1-2H3. The molecule has 0 aliphatic rings. The van der Waals surface area contributed by atoms with Crippen LogP contribution in [0.2, 0.25) is 0 Å². The van der Waals surface area contributed by atoms with E-state index in [1.165, 1.54) is 0 Å². The molecule has 0 aromatic heterocycles. The van der Waals surface area contributed by atoms with Crippen molar-refractivity contribution in [2.24, 2.45) is 10.2 Å². The van der Waals surface area contributed by atoms with Gasteiger partial charge in [-0.2, -0.15) is 0 Å². The van der Waals surface area contributed by atoms with E-state index in [4.69, 9.17) is 4.74 Å². The van der Waals surface area contributed by atoms with Crippen LogP contribution in [0.1, 0.15) is 18.9 Å². The number of azo groups is 1. The summed E-state index contributed by atoms with van der Waals surface area (Å²) in [6, 6.07) is 6.88. The minimum atomic E-state index is -0.964. The van der Waals surface area contributed by atoms with E-state index in [1.54, 1.807) is 18.2 Å². The first-order chi connectivity index (χ1) is 8.61. The van der Waals surface area contributed by atoms with Gasteiger partial charge in [-0.25, -0.2) is 9.59 Å². The Labute approximate surface area is 105 Å². The zero-order chi connectivity index (χ0) is 13.4. The number of rotatable bonds is 3. The number of aryl methyl sites for hydroxylation is 1. The lowest BCUT2D eigenvalue weighted by atomic mass is 10.2. The summed E-state index contributed by atoms with van der Waals surface area (Å²) < 4.78 is 9.45. The Hall–Kier alpha value is -2.24. The monoisotopic (exact) mass is 250 g/mol. The minimum Gasteiger partial charge on any atom is -0.447 e. The van der Waals surface area contributed by atoms with E-state index in [0.717, 1.165) is 5.56 Å². The topological polar surface area (TPSA) is 77.3 Å². The molecular formula is C12H14N2O4. The Morgan fingerprint density at radius 3 is 2.61 bits per heavy atom. The molecule has 0 unspecified atom stereocenters. The Morgan fingerprint density at radius 1 is 1.22 bits per heavy atom. The number of carbonyl (C=O) groups is 2. The quantitative estimate of drug-likeness (QED) is 0.769. The van der Waals surface area contributed by atoms with E-state index in [9.17, 15) is 9.59 Å². The third kappa shape index (κ3) is 5.20. The maximum Gasteiger partial charge on any atom is 0.458 e. The molecule has 0 bridgehead atoms. The summed E-state index contributed by atoms with van der Waals surface area (Å²) >= 11 is 0. The second-order valence-electron chi connectivity index (χ2n) is 3.50. The Bertz CT molecular complexity index is 457. The van der Waals surface area contributed by atoms with Crippen LogP contribution < -0.4 is 4.74 Å². The van der Waals surface area contributed by atoms with Crippen molar-refractivity contribution < 1.29 is 19.1 Å². The first-order valence-electron chi connectivity index (χ1n) is 5.48. The normalized spacial score (nSPS) is 10.3. The summed E-state index contributed by atoms with van der Waals surface area (Å²) in [7, 11) is 0. The molecule has 1 aromatic carbocycles. The molecule has 0 aliphatic carbocycles. The van der Waals surface area contributed by atoms with Gasteiger partial charge in [-0.15, -0.1) is 0 Å². The molecule has 18 heavy (non-hydrogen) atoms. The molecule has 1 aromatic rings. The van der Waals surface area contributed by atoms with Crippen LogP contribution in [0.15, 0.2) is 34.5 Å². The summed E-state index contributed by atoms with van der Waals surface area (Å²) in [6.07, 6.45) is -1.19. The lowest BCUT2D eigenvalue weighted by Crippen LogP contribution is -2.04. The molecule has 1 rings (SSSR count). The van der Waals surface area contributed by atoms with Crippen LogP contribution in [-0.2, 0) is 4.74 Å². The number of hydrogen-bond donors (Lipinski definition) is 0. The summed E-state index contributed by atoms with van der Waals surface area (Å²) in [4.78, 5) is 22.1. The van der Waals surface area contributed by atoms with Crippen LogP contribution >= 0.6 is 0 Å². The van der Waals surface area contributed by atoms with Crippen molar-refractivity contribution >= 4 is 12.2 Å². The molecule has 0 radical (unpaired) electrons. The average Bonchev–Trinajstić information content (AvgIpc) is 2.34. The molecule has 6 nitrogen and oxygen atoms in total. The van der Waals surface area contributed by atoms with Gasteiger partial charge in [-0.1, -0.05) is 29.3 Å². The highest BCUT2D eigenvalue weighted by molar-refractivity contribution is 5.74. The van der Waals surface area contributed by atoms with Gasteiger partial charge in [0, 0.05) is 0 Å². The molecule has 0 fully saturated rings. The SMILES string of the molecule is CCCOC(=O)N=NC(=O)Oc1cccc(C)c1. The summed E-state index contributed by atoms with van der Waals surface area (Å²) in [6.45, 7) is 3.95. The maximum atomic E-state index is 11.2. The number of hydrogen-bond acceptors (Lipinski definition) is 4.